The maximum Gasteiger partial charge on any atom is 0.0482 e. The summed E-state index contributed by atoms with van der Waals surface area (Å²) >= 11 is 0. The summed E-state index contributed by atoms with van der Waals surface area (Å²) in [6, 6.07) is 4.82. The Bertz CT molecular complexity index is 414. The van der Waals surface area contributed by atoms with Crippen LogP contribution in [0.25, 0.3) is 0 Å². The van der Waals surface area contributed by atoms with Crippen LogP contribution >= 0.6 is 0 Å². The molecule has 0 aliphatic carbocycles. The highest BCUT2D eigenvalue weighted by atomic mass is 16.3. The third kappa shape index (κ3) is 6.03. The molecule has 1 aromatic heterocycles. The number of nitrogens with one attached hydrogen (secondary N) is 1. The van der Waals surface area contributed by atoms with Crippen molar-refractivity contribution in [3.05, 3.63) is 30.1 Å². The maximum absolute atomic E-state index is 9.26. The number of aliphatic hydroxyl groups excluding tert-OH is 1. The van der Waals surface area contributed by atoms with E-state index in [4.69, 9.17) is 0 Å². The normalized spacial score (nSPS) is 17.8. The van der Waals surface area contributed by atoms with E-state index in [9.17, 15) is 5.11 Å². The molecule has 1 fully saturated rings. The molecule has 0 amide bonds. The maximum atomic E-state index is 9.26. The molecule has 0 unspecified atom stereocenters. The van der Waals surface area contributed by atoms with E-state index in [2.05, 4.69) is 35.1 Å². The molecule has 0 aromatic carbocycles. The molecule has 1 aliphatic rings. The van der Waals surface area contributed by atoms with Crippen molar-refractivity contribution in [1.82, 2.24) is 15.2 Å². The Kier molecular flexibility index (Phi) is 6.80. The molecule has 0 saturated carbocycles. The van der Waals surface area contributed by atoms with Gasteiger partial charge in [0.15, 0.2) is 0 Å². The minimum Gasteiger partial charge on any atom is -0.396 e. The Balaban J connectivity index is 1.59. The van der Waals surface area contributed by atoms with Gasteiger partial charge in [0.25, 0.3) is 0 Å². The summed E-state index contributed by atoms with van der Waals surface area (Å²) in [5.41, 5.74) is 1.37. The molecule has 22 heavy (non-hydrogen) atoms. The summed E-state index contributed by atoms with van der Waals surface area (Å²) in [5.74, 6) is 0. The number of piperidine rings is 1. The van der Waals surface area contributed by atoms with Crippen molar-refractivity contribution < 1.29 is 5.11 Å². The summed E-state index contributed by atoms with van der Waals surface area (Å²) in [6.07, 6.45) is 8.47. The lowest BCUT2D eigenvalue weighted by atomic mass is 9.89. The summed E-state index contributed by atoms with van der Waals surface area (Å²) in [5, 5.41) is 12.9. The predicted octanol–water partition coefficient (Wildman–Crippen LogP) is 2.43. The van der Waals surface area contributed by atoms with Gasteiger partial charge >= 0.3 is 0 Å². The van der Waals surface area contributed by atoms with Gasteiger partial charge in [-0.05, 0) is 62.4 Å². The molecule has 124 valence electrons. The van der Waals surface area contributed by atoms with Gasteiger partial charge in [-0.25, -0.2) is 0 Å². The molecular formula is C18H31N3O. The fourth-order valence-electron chi connectivity index (χ4n) is 3.00. The summed E-state index contributed by atoms with van der Waals surface area (Å²) in [7, 11) is 0. The molecule has 0 radical (unpaired) electrons. The first-order valence-electron chi connectivity index (χ1n) is 8.54. The van der Waals surface area contributed by atoms with Crippen LogP contribution in [0, 0.1) is 5.41 Å². The lowest BCUT2D eigenvalue weighted by molar-refractivity contribution is 0.146. The van der Waals surface area contributed by atoms with Gasteiger partial charge in [0.2, 0.25) is 0 Å². The Hall–Kier alpha value is -0.970. The van der Waals surface area contributed by atoms with Gasteiger partial charge in [0.1, 0.15) is 0 Å². The number of aliphatic hydroxyl groups is 1. The zero-order valence-corrected chi connectivity index (χ0v) is 14.1. The second-order valence-electron chi connectivity index (χ2n) is 7.29. The van der Waals surface area contributed by atoms with Crippen molar-refractivity contribution in [2.45, 2.75) is 52.1 Å². The van der Waals surface area contributed by atoms with Crippen LogP contribution < -0.4 is 5.32 Å². The highest BCUT2D eigenvalue weighted by Crippen LogP contribution is 2.20. The number of hydrogen-bond donors (Lipinski definition) is 2. The third-order valence-electron chi connectivity index (χ3n) is 4.61. The lowest BCUT2D eigenvalue weighted by Gasteiger charge is -2.32. The largest absolute Gasteiger partial charge is 0.396 e. The number of nitrogens with zero attached hydrogens (tertiary/aromatic N) is 2. The van der Waals surface area contributed by atoms with Gasteiger partial charge in [-0.15, -0.1) is 0 Å². The Morgan fingerprint density at radius 1 is 1.36 bits per heavy atom. The first-order chi connectivity index (χ1) is 10.6. The van der Waals surface area contributed by atoms with E-state index in [-0.39, 0.29) is 12.0 Å². The third-order valence-corrected chi connectivity index (χ3v) is 4.61. The molecule has 0 atom stereocenters. The van der Waals surface area contributed by atoms with Gasteiger partial charge in [-0.2, -0.15) is 0 Å². The van der Waals surface area contributed by atoms with Crippen molar-refractivity contribution in [3.63, 3.8) is 0 Å². The second-order valence-corrected chi connectivity index (χ2v) is 7.29. The molecule has 2 rings (SSSR count). The summed E-state index contributed by atoms with van der Waals surface area (Å²) < 4.78 is 0. The predicted molar refractivity (Wildman–Crippen MR) is 90.6 cm³/mol. The molecule has 1 aliphatic heterocycles. The Labute approximate surface area is 134 Å². The first kappa shape index (κ1) is 17.4. The zero-order valence-electron chi connectivity index (χ0n) is 14.1. The molecular weight excluding hydrogens is 274 g/mol. The zero-order chi connectivity index (χ0) is 15.8. The van der Waals surface area contributed by atoms with Gasteiger partial charge in [0.05, 0.1) is 0 Å². The number of aromatic nitrogens is 1. The first-order valence-corrected chi connectivity index (χ1v) is 8.54. The van der Waals surface area contributed by atoms with Gasteiger partial charge in [0, 0.05) is 31.6 Å². The SMILES string of the molecule is CC(C)(CO)CCCNC1CCN(Cc2cccnc2)CC1. The van der Waals surface area contributed by atoms with Crippen LogP contribution in [-0.4, -0.2) is 47.3 Å². The Morgan fingerprint density at radius 3 is 2.77 bits per heavy atom. The van der Waals surface area contributed by atoms with Crippen LogP contribution in [0.2, 0.25) is 0 Å². The van der Waals surface area contributed by atoms with Gasteiger partial charge in [-0.1, -0.05) is 19.9 Å². The van der Waals surface area contributed by atoms with E-state index in [1.54, 1.807) is 0 Å². The van der Waals surface area contributed by atoms with E-state index < -0.39 is 0 Å². The van der Waals surface area contributed by atoms with E-state index in [0.29, 0.717) is 6.04 Å². The summed E-state index contributed by atoms with van der Waals surface area (Å²) in [6.45, 7) is 8.94. The standard InChI is InChI=1S/C18H31N3O/c1-18(2,15-22)8-4-10-20-17-6-11-21(12-7-17)14-16-5-3-9-19-13-16/h3,5,9,13,17,20,22H,4,6-8,10-12,14-15H2,1-2H3. The van der Waals surface area contributed by atoms with E-state index in [1.807, 2.05) is 18.5 Å². The topological polar surface area (TPSA) is 48.4 Å². The molecule has 1 aromatic rings. The average Bonchev–Trinajstić information content (AvgIpc) is 2.54. The monoisotopic (exact) mass is 305 g/mol. The molecule has 2 N–H and O–H groups in total. The van der Waals surface area contributed by atoms with Crippen LogP contribution in [0.3, 0.4) is 0 Å². The lowest BCUT2D eigenvalue weighted by Crippen LogP contribution is -2.42. The summed E-state index contributed by atoms with van der Waals surface area (Å²) in [4.78, 5) is 6.70. The van der Waals surface area contributed by atoms with Gasteiger partial charge in [-0.3, -0.25) is 9.88 Å². The van der Waals surface area contributed by atoms with Crippen molar-refractivity contribution in [3.8, 4) is 0 Å². The van der Waals surface area contributed by atoms with Crippen LogP contribution in [0.15, 0.2) is 24.5 Å². The molecule has 0 bridgehead atoms. The highest BCUT2D eigenvalue weighted by molar-refractivity contribution is 5.08. The fourth-order valence-corrected chi connectivity index (χ4v) is 3.00. The second kappa shape index (κ2) is 8.61. The van der Waals surface area contributed by atoms with Crippen molar-refractivity contribution >= 4 is 0 Å². The fraction of sp³-hybridized carbons (Fsp3) is 0.722. The van der Waals surface area contributed by atoms with Crippen LogP contribution in [0.5, 0.6) is 0 Å². The number of pyridine rings is 1. The van der Waals surface area contributed by atoms with Crippen molar-refractivity contribution in [1.29, 1.82) is 0 Å². The molecule has 0 spiro atoms. The quantitative estimate of drug-likeness (QED) is 0.724. The Morgan fingerprint density at radius 2 is 2.14 bits per heavy atom. The van der Waals surface area contributed by atoms with Crippen molar-refractivity contribution in [2.75, 3.05) is 26.2 Å². The molecule has 2 heterocycles. The number of rotatable bonds is 8. The van der Waals surface area contributed by atoms with Crippen LogP contribution in [-0.2, 0) is 6.54 Å². The minimum absolute atomic E-state index is 0.0642. The smallest absolute Gasteiger partial charge is 0.0482 e. The van der Waals surface area contributed by atoms with Crippen LogP contribution in [0.4, 0.5) is 0 Å². The molecule has 4 nitrogen and oxygen atoms in total. The minimum atomic E-state index is 0.0642. The van der Waals surface area contributed by atoms with E-state index >= 15 is 0 Å². The van der Waals surface area contributed by atoms with Crippen molar-refractivity contribution in [2.24, 2.45) is 5.41 Å². The highest BCUT2D eigenvalue weighted by Gasteiger charge is 2.19. The van der Waals surface area contributed by atoms with Gasteiger partial charge < -0.3 is 10.4 Å². The van der Waals surface area contributed by atoms with E-state index in [1.165, 1.54) is 18.4 Å². The number of likely N-dealkylation sites (tertiary alicyclic amines) is 1. The molecule has 1 saturated heterocycles. The molecule has 4 heteroatoms. The number of hydrogen-bond acceptors (Lipinski definition) is 4. The average molecular weight is 305 g/mol. The van der Waals surface area contributed by atoms with Crippen LogP contribution in [0.1, 0.15) is 45.1 Å². The van der Waals surface area contributed by atoms with E-state index in [0.717, 1.165) is 39.0 Å².